The summed E-state index contributed by atoms with van der Waals surface area (Å²) >= 11 is 1.98. The van der Waals surface area contributed by atoms with Gasteiger partial charge in [0.05, 0.1) is 19.0 Å². The van der Waals surface area contributed by atoms with Gasteiger partial charge < -0.3 is 4.74 Å². The lowest BCUT2D eigenvalue weighted by Crippen LogP contribution is -2.32. The Balaban J connectivity index is 1.53. The summed E-state index contributed by atoms with van der Waals surface area (Å²) < 4.78 is 5.54. The summed E-state index contributed by atoms with van der Waals surface area (Å²) in [5.41, 5.74) is 5.21. The number of methoxy groups -OCH3 is 1. The molecule has 0 spiro atoms. The van der Waals surface area contributed by atoms with Gasteiger partial charge in [0.1, 0.15) is 17.4 Å². The van der Waals surface area contributed by atoms with Crippen molar-refractivity contribution in [1.82, 2.24) is 14.9 Å². The van der Waals surface area contributed by atoms with E-state index in [2.05, 4.69) is 31.5 Å². The van der Waals surface area contributed by atoms with E-state index in [0.29, 0.717) is 11.3 Å². The van der Waals surface area contributed by atoms with Crippen LogP contribution in [0.5, 0.6) is 5.75 Å². The van der Waals surface area contributed by atoms with Crippen molar-refractivity contribution in [3.63, 3.8) is 0 Å². The Hall–Kier alpha value is -3.61. The lowest BCUT2D eigenvalue weighted by molar-refractivity contribution is 0.288. The van der Waals surface area contributed by atoms with E-state index in [-0.39, 0.29) is 11.5 Å². The normalized spacial score (nSPS) is 14.2. The van der Waals surface area contributed by atoms with Crippen LogP contribution < -0.4 is 15.7 Å². The van der Waals surface area contributed by atoms with Crippen molar-refractivity contribution >= 4 is 23.9 Å². The molecule has 2 N–H and O–H groups in total. The van der Waals surface area contributed by atoms with Gasteiger partial charge in [-0.15, -0.1) is 0 Å². The first-order chi connectivity index (χ1) is 16.2. The molecule has 0 radical (unpaired) electrons. The molecule has 1 aliphatic heterocycles. The number of rotatable bonds is 7. The topological polar surface area (TPSA) is 106 Å². The van der Waals surface area contributed by atoms with Gasteiger partial charge in [-0.25, -0.2) is 10.4 Å². The van der Waals surface area contributed by atoms with E-state index in [9.17, 15) is 10.1 Å². The molecule has 0 atom stereocenters. The van der Waals surface area contributed by atoms with Crippen LogP contribution in [0.1, 0.15) is 16.7 Å². The number of H-pyrrole nitrogens is 1. The monoisotopic (exact) mass is 460 g/mol. The van der Waals surface area contributed by atoms with Crippen molar-refractivity contribution in [1.29, 1.82) is 5.26 Å². The highest BCUT2D eigenvalue weighted by atomic mass is 32.2. The van der Waals surface area contributed by atoms with E-state index < -0.39 is 5.56 Å². The number of ether oxygens (including phenoxy) is 1. The molecule has 2 aromatic carbocycles. The van der Waals surface area contributed by atoms with Gasteiger partial charge in [-0.1, -0.05) is 30.3 Å². The van der Waals surface area contributed by atoms with Gasteiger partial charge in [0, 0.05) is 42.3 Å². The second-order valence-electron chi connectivity index (χ2n) is 7.45. The molecule has 0 unspecified atom stereocenters. The third-order valence-corrected chi connectivity index (χ3v) is 6.21. The Labute approximate surface area is 196 Å². The van der Waals surface area contributed by atoms with Crippen molar-refractivity contribution in [2.45, 2.75) is 6.54 Å². The number of hydrogen-bond donors (Lipinski definition) is 2. The molecule has 1 saturated heterocycles. The molecule has 33 heavy (non-hydrogen) atoms. The minimum atomic E-state index is -0.518. The first kappa shape index (κ1) is 22.6. The Morgan fingerprint density at radius 1 is 1.27 bits per heavy atom. The summed E-state index contributed by atoms with van der Waals surface area (Å²) in [5.74, 6) is 3.31. The van der Waals surface area contributed by atoms with Crippen LogP contribution in [-0.4, -0.2) is 52.8 Å². The lowest BCUT2D eigenvalue weighted by atomic mass is 10.1. The van der Waals surface area contributed by atoms with Gasteiger partial charge in [-0.2, -0.15) is 22.1 Å². The summed E-state index contributed by atoms with van der Waals surface area (Å²) in [4.78, 5) is 21.8. The number of aromatic nitrogens is 2. The van der Waals surface area contributed by atoms with E-state index in [1.54, 1.807) is 25.5 Å². The number of hydrazone groups is 1. The zero-order valence-electron chi connectivity index (χ0n) is 18.2. The molecule has 1 aromatic heterocycles. The predicted molar refractivity (Wildman–Crippen MR) is 132 cm³/mol. The molecule has 1 fully saturated rings. The Bertz CT molecular complexity index is 1230. The van der Waals surface area contributed by atoms with E-state index in [1.807, 2.05) is 48.2 Å². The Morgan fingerprint density at radius 2 is 2.06 bits per heavy atom. The second kappa shape index (κ2) is 10.8. The Kier molecular flexibility index (Phi) is 7.40. The van der Waals surface area contributed by atoms with Gasteiger partial charge in [-0.05, 0) is 23.8 Å². The first-order valence-corrected chi connectivity index (χ1v) is 11.7. The molecule has 8 nitrogen and oxygen atoms in total. The number of anilines is 1. The van der Waals surface area contributed by atoms with Crippen molar-refractivity contribution < 1.29 is 4.74 Å². The molecular formula is C24H24N6O2S. The zero-order chi connectivity index (χ0) is 23.0. The molecule has 168 valence electrons. The number of thioether (sulfide) groups is 1. The highest BCUT2D eigenvalue weighted by Gasteiger charge is 2.14. The molecule has 9 heteroatoms. The Morgan fingerprint density at radius 3 is 2.79 bits per heavy atom. The van der Waals surface area contributed by atoms with Crippen LogP contribution in [0.25, 0.3) is 11.3 Å². The quantitative estimate of drug-likeness (QED) is 0.411. The molecule has 4 rings (SSSR count). The average molecular weight is 461 g/mol. The van der Waals surface area contributed by atoms with Crippen molar-refractivity contribution in [2.24, 2.45) is 5.10 Å². The first-order valence-electron chi connectivity index (χ1n) is 10.5. The third kappa shape index (κ3) is 5.61. The highest BCUT2D eigenvalue weighted by molar-refractivity contribution is 7.99. The van der Waals surface area contributed by atoms with Crippen LogP contribution in [0.4, 0.5) is 5.95 Å². The number of nitriles is 1. The summed E-state index contributed by atoms with van der Waals surface area (Å²) in [6, 6.07) is 17.0. The van der Waals surface area contributed by atoms with Gasteiger partial charge in [-0.3, -0.25) is 14.7 Å². The molecule has 2 heterocycles. The third-order valence-electron chi connectivity index (χ3n) is 5.26. The maximum Gasteiger partial charge on any atom is 0.270 e. The van der Waals surface area contributed by atoms with Gasteiger partial charge in [0.15, 0.2) is 0 Å². The minimum absolute atomic E-state index is 0.0355. The number of nitrogens with one attached hydrogen (secondary N) is 2. The number of aromatic amines is 1. The summed E-state index contributed by atoms with van der Waals surface area (Å²) in [5, 5.41) is 13.6. The largest absolute Gasteiger partial charge is 0.496 e. The fourth-order valence-electron chi connectivity index (χ4n) is 3.61. The molecule has 0 bridgehead atoms. The van der Waals surface area contributed by atoms with E-state index in [1.165, 1.54) is 0 Å². The minimum Gasteiger partial charge on any atom is -0.496 e. The van der Waals surface area contributed by atoms with Crippen molar-refractivity contribution in [2.75, 3.05) is 37.1 Å². The van der Waals surface area contributed by atoms with Gasteiger partial charge in [0.2, 0.25) is 5.95 Å². The fraction of sp³-hybridized carbons (Fsp3) is 0.250. The van der Waals surface area contributed by atoms with E-state index in [4.69, 9.17) is 4.74 Å². The maximum absolute atomic E-state index is 12.4. The number of hydrogen-bond acceptors (Lipinski definition) is 8. The highest BCUT2D eigenvalue weighted by Crippen LogP contribution is 2.23. The SMILES string of the molecule is COc1ccc(C=NNc2nc(-c3ccccc3)c(C#N)c(=O)[nH]2)cc1CN1CCSCC1. The van der Waals surface area contributed by atoms with Crippen molar-refractivity contribution in [3.8, 4) is 23.1 Å². The number of benzene rings is 2. The summed E-state index contributed by atoms with van der Waals surface area (Å²) in [7, 11) is 1.68. The van der Waals surface area contributed by atoms with Crippen LogP contribution >= 0.6 is 11.8 Å². The number of nitrogens with zero attached hydrogens (tertiary/aromatic N) is 4. The standard InChI is InChI=1S/C24H24N6O2S/c1-32-21-8-7-17(13-19(21)16-30-9-11-33-12-10-30)15-26-29-24-27-22(18-5-3-2-4-6-18)20(14-25)23(31)28-24/h2-8,13,15H,9-12,16H2,1H3,(H2,27,28,29,31). The van der Waals surface area contributed by atoms with E-state index >= 15 is 0 Å². The van der Waals surface area contributed by atoms with Gasteiger partial charge in [0.25, 0.3) is 5.56 Å². The molecular weight excluding hydrogens is 436 g/mol. The molecule has 0 amide bonds. The van der Waals surface area contributed by atoms with Crippen LogP contribution in [0.3, 0.4) is 0 Å². The summed E-state index contributed by atoms with van der Waals surface area (Å²) in [6.45, 7) is 2.95. The van der Waals surface area contributed by atoms with Crippen molar-refractivity contribution in [3.05, 3.63) is 75.6 Å². The van der Waals surface area contributed by atoms with E-state index in [0.717, 1.165) is 48.0 Å². The fourth-order valence-corrected chi connectivity index (χ4v) is 4.58. The molecule has 3 aromatic rings. The van der Waals surface area contributed by atoms with Gasteiger partial charge >= 0.3 is 0 Å². The van der Waals surface area contributed by atoms with Crippen LogP contribution in [0.15, 0.2) is 58.4 Å². The zero-order valence-corrected chi connectivity index (χ0v) is 19.1. The maximum atomic E-state index is 12.4. The predicted octanol–water partition coefficient (Wildman–Crippen LogP) is 3.31. The average Bonchev–Trinajstić information content (AvgIpc) is 2.85. The second-order valence-corrected chi connectivity index (χ2v) is 8.67. The molecule has 1 aliphatic rings. The summed E-state index contributed by atoms with van der Waals surface area (Å²) in [6.07, 6.45) is 1.66. The smallest absolute Gasteiger partial charge is 0.270 e. The molecule has 0 aliphatic carbocycles. The molecule has 0 saturated carbocycles. The van der Waals surface area contributed by atoms with Crippen LogP contribution in [0.2, 0.25) is 0 Å². The lowest BCUT2D eigenvalue weighted by Gasteiger charge is -2.26. The van der Waals surface area contributed by atoms with Crippen LogP contribution in [-0.2, 0) is 6.54 Å². The van der Waals surface area contributed by atoms with Crippen LogP contribution in [0, 0.1) is 11.3 Å².